The second kappa shape index (κ2) is 7.68. The number of rotatable bonds is 4. The lowest BCUT2D eigenvalue weighted by atomic mass is 9.98. The molecule has 6 heteroatoms. The molecule has 0 aliphatic carbocycles. The highest BCUT2D eigenvalue weighted by Gasteiger charge is 2.26. The van der Waals surface area contributed by atoms with Crippen molar-refractivity contribution >= 4 is 11.6 Å². The van der Waals surface area contributed by atoms with E-state index >= 15 is 0 Å². The van der Waals surface area contributed by atoms with Crippen LogP contribution >= 0.6 is 0 Å². The number of hydrogen-bond donors (Lipinski definition) is 1. The molecule has 142 valence electrons. The summed E-state index contributed by atoms with van der Waals surface area (Å²) in [5.41, 5.74) is 3.30. The van der Waals surface area contributed by atoms with Crippen LogP contribution in [0.2, 0.25) is 0 Å². The molecule has 0 bridgehead atoms. The maximum atomic E-state index is 14.4. The first-order valence-corrected chi connectivity index (χ1v) is 9.09. The number of halogens is 1. The van der Waals surface area contributed by atoms with Crippen LogP contribution in [0.15, 0.2) is 60.9 Å². The molecule has 1 N–H and O–H groups in total. The average Bonchev–Trinajstić information content (AvgIpc) is 2.74. The predicted octanol–water partition coefficient (Wildman–Crippen LogP) is 3.65. The standard InChI is InChI=1S/C22H20FN3O2/c1-24-22(27)18-11-16(17-6-2-3-7-19(17)23)12-20-21(18)28-10-9-26(20)14-15-5-4-8-25-13-15/h2-8,11-13H,9-10,14H2,1H3,(H,24,27). The van der Waals surface area contributed by atoms with Crippen molar-refractivity contribution in [1.82, 2.24) is 10.3 Å². The van der Waals surface area contributed by atoms with Gasteiger partial charge in [0.25, 0.3) is 5.91 Å². The van der Waals surface area contributed by atoms with Crippen LogP contribution in [0.3, 0.4) is 0 Å². The minimum atomic E-state index is -0.333. The Morgan fingerprint density at radius 1 is 1.25 bits per heavy atom. The Hall–Kier alpha value is -3.41. The highest BCUT2D eigenvalue weighted by Crippen LogP contribution is 2.40. The van der Waals surface area contributed by atoms with Crippen molar-refractivity contribution in [2.75, 3.05) is 25.1 Å². The summed E-state index contributed by atoms with van der Waals surface area (Å²) in [5, 5.41) is 2.65. The number of benzene rings is 2. The molecule has 28 heavy (non-hydrogen) atoms. The summed E-state index contributed by atoms with van der Waals surface area (Å²) >= 11 is 0. The molecule has 5 nitrogen and oxygen atoms in total. The number of carbonyl (C=O) groups is 1. The summed E-state index contributed by atoms with van der Waals surface area (Å²) in [4.78, 5) is 18.8. The summed E-state index contributed by atoms with van der Waals surface area (Å²) < 4.78 is 20.3. The molecule has 1 aromatic heterocycles. The van der Waals surface area contributed by atoms with Crippen LogP contribution in [0, 0.1) is 5.82 Å². The summed E-state index contributed by atoms with van der Waals surface area (Å²) in [7, 11) is 1.57. The summed E-state index contributed by atoms with van der Waals surface area (Å²) in [6.45, 7) is 1.75. The van der Waals surface area contributed by atoms with Gasteiger partial charge in [0.2, 0.25) is 0 Å². The third kappa shape index (κ3) is 3.41. The summed E-state index contributed by atoms with van der Waals surface area (Å²) in [6.07, 6.45) is 3.55. The van der Waals surface area contributed by atoms with Gasteiger partial charge in [0, 0.05) is 31.5 Å². The average molecular weight is 377 g/mol. The van der Waals surface area contributed by atoms with Crippen LogP contribution in [0.25, 0.3) is 11.1 Å². The van der Waals surface area contributed by atoms with Gasteiger partial charge in [-0.05, 0) is 35.4 Å². The van der Waals surface area contributed by atoms with E-state index in [1.54, 1.807) is 37.5 Å². The molecule has 0 fully saturated rings. The highest BCUT2D eigenvalue weighted by atomic mass is 19.1. The molecule has 1 aliphatic heterocycles. The van der Waals surface area contributed by atoms with E-state index in [4.69, 9.17) is 4.74 Å². The highest BCUT2D eigenvalue weighted by molar-refractivity contribution is 6.00. The maximum Gasteiger partial charge on any atom is 0.254 e. The maximum absolute atomic E-state index is 14.4. The smallest absolute Gasteiger partial charge is 0.254 e. The van der Waals surface area contributed by atoms with Crippen LogP contribution in [0.5, 0.6) is 5.75 Å². The molecule has 0 saturated carbocycles. The first kappa shape index (κ1) is 18.0. The van der Waals surface area contributed by atoms with E-state index in [0.29, 0.717) is 42.1 Å². The first-order chi connectivity index (χ1) is 13.7. The van der Waals surface area contributed by atoms with Gasteiger partial charge in [-0.25, -0.2) is 4.39 Å². The lowest BCUT2D eigenvalue weighted by Crippen LogP contribution is -2.33. The molecule has 0 spiro atoms. The monoisotopic (exact) mass is 377 g/mol. The predicted molar refractivity (Wildman–Crippen MR) is 106 cm³/mol. The van der Waals surface area contributed by atoms with E-state index in [1.165, 1.54) is 6.07 Å². The van der Waals surface area contributed by atoms with Crippen molar-refractivity contribution < 1.29 is 13.9 Å². The zero-order valence-electron chi connectivity index (χ0n) is 15.5. The zero-order chi connectivity index (χ0) is 19.5. The van der Waals surface area contributed by atoms with Crippen molar-refractivity contribution in [3.63, 3.8) is 0 Å². The topological polar surface area (TPSA) is 54.5 Å². The van der Waals surface area contributed by atoms with Gasteiger partial charge in [-0.2, -0.15) is 0 Å². The van der Waals surface area contributed by atoms with Crippen molar-refractivity contribution in [3.05, 3.63) is 77.9 Å². The van der Waals surface area contributed by atoms with Crippen molar-refractivity contribution in [2.24, 2.45) is 0 Å². The van der Waals surface area contributed by atoms with Crippen molar-refractivity contribution in [2.45, 2.75) is 6.54 Å². The lowest BCUT2D eigenvalue weighted by Gasteiger charge is -2.33. The van der Waals surface area contributed by atoms with Crippen LogP contribution < -0.4 is 15.0 Å². The quantitative estimate of drug-likeness (QED) is 0.754. The number of fused-ring (bicyclic) bond motifs is 1. The first-order valence-electron chi connectivity index (χ1n) is 9.09. The van der Waals surface area contributed by atoms with Gasteiger partial charge in [0.1, 0.15) is 12.4 Å². The van der Waals surface area contributed by atoms with Crippen molar-refractivity contribution in [3.8, 4) is 16.9 Å². The molecule has 0 radical (unpaired) electrons. The molecule has 1 aliphatic rings. The molecular formula is C22H20FN3O2. The largest absolute Gasteiger partial charge is 0.489 e. The second-order valence-electron chi connectivity index (χ2n) is 6.56. The van der Waals surface area contributed by atoms with Gasteiger partial charge < -0.3 is 15.0 Å². The molecule has 0 unspecified atom stereocenters. The van der Waals surface area contributed by atoms with E-state index < -0.39 is 0 Å². The Morgan fingerprint density at radius 3 is 2.86 bits per heavy atom. The van der Waals surface area contributed by atoms with Gasteiger partial charge in [-0.1, -0.05) is 24.3 Å². The van der Waals surface area contributed by atoms with Crippen LogP contribution in [-0.4, -0.2) is 31.1 Å². The number of amides is 1. The summed E-state index contributed by atoms with van der Waals surface area (Å²) in [5.74, 6) is -0.0758. The van der Waals surface area contributed by atoms with E-state index in [1.807, 2.05) is 24.4 Å². The Labute approximate surface area is 162 Å². The van der Waals surface area contributed by atoms with E-state index in [2.05, 4.69) is 15.2 Å². The van der Waals surface area contributed by atoms with Gasteiger partial charge in [0.15, 0.2) is 5.75 Å². The fourth-order valence-corrected chi connectivity index (χ4v) is 3.41. The van der Waals surface area contributed by atoms with Crippen LogP contribution in [0.4, 0.5) is 10.1 Å². The number of hydrogen-bond acceptors (Lipinski definition) is 4. The normalized spacial score (nSPS) is 12.9. The minimum Gasteiger partial charge on any atom is -0.489 e. The van der Waals surface area contributed by atoms with Gasteiger partial charge in [-0.3, -0.25) is 9.78 Å². The molecule has 1 amide bonds. The molecule has 3 aromatic rings. The third-order valence-electron chi connectivity index (χ3n) is 4.77. The molecule has 4 rings (SSSR count). The number of anilines is 1. The van der Waals surface area contributed by atoms with Gasteiger partial charge in [0.05, 0.1) is 17.8 Å². The van der Waals surface area contributed by atoms with Gasteiger partial charge >= 0.3 is 0 Å². The number of ether oxygens (including phenoxy) is 1. The fraction of sp³-hybridized carbons (Fsp3) is 0.182. The zero-order valence-corrected chi connectivity index (χ0v) is 15.5. The number of nitrogens with one attached hydrogen (secondary N) is 1. The molecule has 2 heterocycles. The van der Waals surface area contributed by atoms with E-state index in [9.17, 15) is 9.18 Å². The number of nitrogens with zero attached hydrogens (tertiary/aromatic N) is 2. The second-order valence-corrected chi connectivity index (χ2v) is 6.56. The van der Waals surface area contributed by atoms with Crippen molar-refractivity contribution in [1.29, 1.82) is 0 Å². The Morgan fingerprint density at radius 2 is 2.11 bits per heavy atom. The minimum absolute atomic E-state index is 0.266. The number of pyridine rings is 1. The van der Waals surface area contributed by atoms with E-state index in [0.717, 1.165) is 11.3 Å². The Balaban J connectivity index is 1.84. The Kier molecular flexibility index (Phi) is 4.93. The van der Waals surface area contributed by atoms with Crippen LogP contribution in [0.1, 0.15) is 15.9 Å². The van der Waals surface area contributed by atoms with Gasteiger partial charge in [-0.15, -0.1) is 0 Å². The lowest BCUT2D eigenvalue weighted by molar-refractivity contribution is 0.0958. The molecule has 0 saturated heterocycles. The third-order valence-corrected chi connectivity index (χ3v) is 4.77. The van der Waals surface area contributed by atoms with Crippen LogP contribution in [-0.2, 0) is 6.54 Å². The number of carbonyl (C=O) groups excluding carboxylic acids is 1. The summed E-state index contributed by atoms with van der Waals surface area (Å²) in [6, 6.07) is 14.0. The Bertz CT molecular complexity index is 1010. The molecule has 0 atom stereocenters. The fourth-order valence-electron chi connectivity index (χ4n) is 3.41. The number of aromatic nitrogens is 1. The SMILES string of the molecule is CNC(=O)c1cc(-c2ccccc2F)cc2c1OCCN2Cc1cccnc1. The molecular weight excluding hydrogens is 357 g/mol. The molecule has 2 aromatic carbocycles. The van der Waals surface area contributed by atoms with E-state index in [-0.39, 0.29) is 11.7 Å².